The minimum atomic E-state index is 0.824. The lowest BCUT2D eigenvalue weighted by atomic mass is 10.1. The quantitative estimate of drug-likeness (QED) is 0.521. The van der Waals surface area contributed by atoms with Crippen molar-refractivity contribution in [3.05, 3.63) is 59.3 Å². The van der Waals surface area contributed by atoms with Crippen LogP contribution in [0.15, 0.2) is 53.8 Å². The standard InChI is InChI=1S/C14H14S/c1-3-5-7-13(6-4-2)8-9-14-10-11-15-12-14/h3-4,7,10-12H,1-2,5-6H2. The van der Waals surface area contributed by atoms with Gasteiger partial charge in [-0.3, -0.25) is 0 Å². The predicted octanol–water partition coefficient (Wildman–Crippen LogP) is 4.18. The average molecular weight is 214 g/mol. The molecule has 0 aliphatic rings. The molecule has 1 aromatic rings. The summed E-state index contributed by atoms with van der Waals surface area (Å²) in [6, 6.07) is 2.02. The van der Waals surface area contributed by atoms with Crippen LogP contribution in [-0.4, -0.2) is 0 Å². The molecule has 0 radical (unpaired) electrons. The molecule has 0 atom stereocenters. The van der Waals surface area contributed by atoms with Gasteiger partial charge in [0.25, 0.3) is 0 Å². The Morgan fingerprint density at radius 3 is 2.87 bits per heavy atom. The van der Waals surface area contributed by atoms with Crippen LogP contribution in [0.2, 0.25) is 0 Å². The van der Waals surface area contributed by atoms with E-state index in [4.69, 9.17) is 0 Å². The largest absolute Gasteiger partial charge is 0.151 e. The van der Waals surface area contributed by atoms with Crippen LogP contribution in [0.25, 0.3) is 0 Å². The SMILES string of the molecule is C=CCC=C(C#Cc1ccsc1)CC=C. The van der Waals surface area contributed by atoms with Crippen molar-refractivity contribution in [3.63, 3.8) is 0 Å². The van der Waals surface area contributed by atoms with Gasteiger partial charge in [-0.25, -0.2) is 0 Å². The van der Waals surface area contributed by atoms with E-state index >= 15 is 0 Å². The van der Waals surface area contributed by atoms with Gasteiger partial charge >= 0.3 is 0 Å². The van der Waals surface area contributed by atoms with E-state index in [1.54, 1.807) is 11.3 Å². The van der Waals surface area contributed by atoms with Gasteiger partial charge in [-0.1, -0.05) is 30.1 Å². The molecule has 0 fully saturated rings. The van der Waals surface area contributed by atoms with Crippen LogP contribution in [0.5, 0.6) is 0 Å². The Kier molecular flexibility index (Phi) is 5.29. The summed E-state index contributed by atoms with van der Waals surface area (Å²) in [6.07, 6.45) is 7.52. The third kappa shape index (κ3) is 4.49. The Hall–Kier alpha value is -1.52. The molecular weight excluding hydrogens is 200 g/mol. The summed E-state index contributed by atoms with van der Waals surface area (Å²) in [5.41, 5.74) is 2.18. The van der Waals surface area contributed by atoms with Gasteiger partial charge in [-0.05, 0) is 24.3 Å². The van der Waals surface area contributed by atoms with Crippen LogP contribution in [0.4, 0.5) is 0 Å². The predicted molar refractivity (Wildman–Crippen MR) is 68.9 cm³/mol. The molecule has 0 amide bonds. The lowest BCUT2D eigenvalue weighted by molar-refractivity contribution is 1.26. The first kappa shape index (κ1) is 11.6. The molecule has 1 rings (SSSR count). The topological polar surface area (TPSA) is 0 Å². The molecule has 1 aromatic heterocycles. The van der Waals surface area contributed by atoms with Gasteiger partial charge in [-0.15, -0.1) is 13.2 Å². The number of allylic oxidation sites excluding steroid dienone is 4. The highest BCUT2D eigenvalue weighted by molar-refractivity contribution is 7.08. The van der Waals surface area contributed by atoms with Crippen molar-refractivity contribution >= 4 is 11.3 Å². The molecule has 1 heterocycles. The monoisotopic (exact) mass is 214 g/mol. The van der Waals surface area contributed by atoms with E-state index in [2.05, 4.69) is 31.1 Å². The Labute approximate surface area is 95.7 Å². The number of hydrogen-bond donors (Lipinski definition) is 0. The molecule has 0 saturated heterocycles. The first-order valence-corrected chi connectivity index (χ1v) is 5.76. The summed E-state index contributed by atoms with van der Waals surface area (Å²) in [5.74, 6) is 6.29. The minimum Gasteiger partial charge on any atom is -0.151 e. The van der Waals surface area contributed by atoms with Gasteiger partial charge in [0.15, 0.2) is 0 Å². The van der Waals surface area contributed by atoms with Gasteiger partial charge in [-0.2, -0.15) is 11.3 Å². The molecule has 0 nitrogen and oxygen atoms in total. The smallest absolute Gasteiger partial charge is 0.0355 e. The summed E-state index contributed by atoms with van der Waals surface area (Å²) in [5, 5.41) is 4.08. The second-order valence-corrected chi connectivity index (χ2v) is 3.79. The molecular formula is C14H14S. The van der Waals surface area contributed by atoms with E-state index in [9.17, 15) is 0 Å². The Morgan fingerprint density at radius 2 is 2.27 bits per heavy atom. The zero-order chi connectivity index (χ0) is 10.9. The van der Waals surface area contributed by atoms with E-state index in [0.717, 1.165) is 24.0 Å². The molecule has 0 N–H and O–H groups in total. The van der Waals surface area contributed by atoms with Crippen molar-refractivity contribution < 1.29 is 0 Å². The summed E-state index contributed by atoms with van der Waals surface area (Å²) < 4.78 is 0. The zero-order valence-electron chi connectivity index (χ0n) is 8.70. The number of hydrogen-bond acceptors (Lipinski definition) is 1. The molecule has 0 saturated carbocycles. The van der Waals surface area contributed by atoms with Crippen LogP contribution < -0.4 is 0 Å². The van der Waals surface area contributed by atoms with Gasteiger partial charge in [0.1, 0.15) is 0 Å². The van der Waals surface area contributed by atoms with Crippen molar-refractivity contribution in [1.82, 2.24) is 0 Å². The van der Waals surface area contributed by atoms with E-state index in [1.807, 2.05) is 29.0 Å². The maximum absolute atomic E-state index is 3.72. The van der Waals surface area contributed by atoms with Gasteiger partial charge in [0, 0.05) is 16.5 Å². The fourth-order valence-electron chi connectivity index (χ4n) is 1.05. The van der Waals surface area contributed by atoms with Crippen molar-refractivity contribution in [2.75, 3.05) is 0 Å². The molecule has 0 aliphatic carbocycles. The fraction of sp³-hybridized carbons (Fsp3) is 0.143. The van der Waals surface area contributed by atoms with E-state index in [-0.39, 0.29) is 0 Å². The fourth-order valence-corrected chi connectivity index (χ4v) is 1.64. The summed E-state index contributed by atoms with van der Waals surface area (Å²) in [6.45, 7) is 7.41. The van der Waals surface area contributed by atoms with Crippen LogP contribution >= 0.6 is 11.3 Å². The lowest BCUT2D eigenvalue weighted by Gasteiger charge is -1.92. The zero-order valence-corrected chi connectivity index (χ0v) is 9.52. The third-order valence-electron chi connectivity index (χ3n) is 1.78. The first-order chi connectivity index (χ1) is 7.36. The Bertz CT molecular complexity index is 396. The van der Waals surface area contributed by atoms with Crippen LogP contribution in [0.3, 0.4) is 0 Å². The molecule has 0 bridgehead atoms. The van der Waals surface area contributed by atoms with Crippen molar-refractivity contribution in [3.8, 4) is 11.8 Å². The van der Waals surface area contributed by atoms with Gasteiger partial charge in [0.2, 0.25) is 0 Å². The second kappa shape index (κ2) is 6.86. The molecule has 76 valence electrons. The first-order valence-electron chi connectivity index (χ1n) is 4.82. The third-order valence-corrected chi connectivity index (χ3v) is 2.47. The highest BCUT2D eigenvalue weighted by Gasteiger charge is 1.89. The Balaban J connectivity index is 2.73. The highest BCUT2D eigenvalue weighted by atomic mass is 32.1. The highest BCUT2D eigenvalue weighted by Crippen LogP contribution is 2.06. The molecule has 15 heavy (non-hydrogen) atoms. The van der Waals surface area contributed by atoms with E-state index in [0.29, 0.717) is 0 Å². The number of thiophene rings is 1. The minimum absolute atomic E-state index is 0.824. The molecule has 0 unspecified atom stereocenters. The maximum atomic E-state index is 3.72. The van der Waals surface area contributed by atoms with E-state index < -0.39 is 0 Å². The van der Waals surface area contributed by atoms with Crippen LogP contribution in [0.1, 0.15) is 18.4 Å². The second-order valence-electron chi connectivity index (χ2n) is 3.01. The molecule has 0 aromatic carbocycles. The Morgan fingerprint density at radius 1 is 1.40 bits per heavy atom. The van der Waals surface area contributed by atoms with E-state index in [1.165, 1.54) is 0 Å². The van der Waals surface area contributed by atoms with Crippen molar-refractivity contribution in [1.29, 1.82) is 0 Å². The summed E-state index contributed by atoms with van der Waals surface area (Å²) >= 11 is 1.66. The normalized spacial score (nSPS) is 10.3. The molecule has 0 aliphatic heterocycles. The van der Waals surface area contributed by atoms with Crippen molar-refractivity contribution in [2.24, 2.45) is 0 Å². The average Bonchev–Trinajstić information content (AvgIpc) is 2.75. The molecule has 0 spiro atoms. The van der Waals surface area contributed by atoms with Crippen LogP contribution in [-0.2, 0) is 0 Å². The maximum Gasteiger partial charge on any atom is 0.0355 e. The van der Waals surface area contributed by atoms with Crippen LogP contribution in [0, 0.1) is 11.8 Å². The summed E-state index contributed by atoms with van der Waals surface area (Å²) in [4.78, 5) is 0. The van der Waals surface area contributed by atoms with Crippen molar-refractivity contribution in [2.45, 2.75) is 12.8 Å². The van der Waals surface area contributed by atoms with Gasteiger partial charge < -0.3 is 0 Å². The summed E-state index contributed by atoms with van der Waals surface area (Å²) in [7, 11) is 0. The van der Waals surface area contributed by atoms with Gasteiger partial charge in [0.05, 0.1) is 0 Å². The lowest BCUT2D eigenvalue weighted by Crippen LogP contribution is -1.76. The molecule has 1 heteroatoms. The number of rotatable bonds is 4.